The van der Waals surface area contributed by atoms with E-state index in [1.54, 1.807) is 18.2 Å². The van der Waals surface area contributed by atoms with Crippen LogP contribution in [-0.2, 0) is 19.1 Å². The van der Waals surface area contributed by atoms with Crippen LogP contribution in [0.25, 0.3) is 5.43 Å². The number of rotatable bonds is 5. The van der Waals surface area contributed by atoms with Crippen molar-refractivity contribution >= 4 is 29.4 Å². The van der Waals surface area contributed by atoms with Crippen LogP contribution in [0.4, 0.5) is 16.2 Å². The fourth-order valence-electron chi connectivity index (χ4n) is 4.11. The molecule has 2 aromatic carbocycles. The third-order valence-corrected chi connectivity index (χ3v) is 6.08. The number of esters is 2. The van der Waals surface area contributed by atoms with Crippen molar-refractivity contribution in [2.45, 2.75) is 25.0 Å². The molecule has 0 fully saturated rings. The standard InChI is InChI=1S/C23H21N5O8/c1-22-17(19(29)34-3)18(20(30)35-4)26(21(31)36-16-8-6-5-7-9-16)23(22,2)25-27(24-22)14-10-12-15(13-11-14)28(32)33/h5-13H,1-4H3/t22-,23+/m0/s1. The number of benzene rings is 2. The number of carbonyl (C=O) groups excluding carboxylic acids is 3. The maximum Gasteiger partial charge on any atom is 0.420 e. The average Bonchev–Trinajstić information content (AvgIpc) is 3.24. The summed E-state index contributed by atoms with van der Waals surface area (Å²) < 4.78 is 15.3. The van der Waals surface area contributed by atoms with Gasteiger partial charge in [0.1, 0.15) is 17.1 Å². The third-order valence-electron chi connectivity index (χ3n) is 6.08. The van der Waals surface area contributed by atoms with Crippen LogP contribution in [0.15, 0.2) is 71.0 Å². The molecule has 2 aliphatic rings. The number of non-ortho nitro benzene ring substituents is 1. The van der Waals surface area contributed by atoms with Gasteiger partial charge < -0.3 is 14.2 Å². The molecule has 0 saturated heterocycles. The van der Waals surface area contributed by atoms with Gasteiger partial charge in [-0.1, -0.05) is 18.2 Å². The summed E-state index contributed by atoms with van der Waals surface area (Å²) in [6.45, 7) is 3.00. The van der Waals surface area contributed by atoms with E-state index in [9.17, 15) is 24.5 Å². The predicted molar refractivity (Wildman–Crippen MR) is 121 cm³/mol. The number of hydrogen-bond acceptors (Lipinski definition) is 9. The highest BCUT2D eigenvalue weighted by Gasteiger charge is 2.66. The van der Waals surface area contributed by atoms with Crippen LogP contribution in [0, 0.1) is 10.1 Å². The molecule has 0 N–H and O–H groups in total. The van der Waals surface area contributed by atoms with Gasteiger partial charge in [-0.05, 0) is 26.0 Å². The second-order valence-electron chi connectivity index (χ2n) is 8.08. The van der Waals surface area contributed by atoms with Crippen LogP contribution in [-0.4, -0.2) is 58.1 Å². The predicted octanol–water partition coefficient (Wildman–Crippen LogP) is 3.58. The molecule has 4 rings (SSSR count). The van der Waals surface area contributed by atoms with E-state index in [1.165, 1.54) is 50.2 Å². The molecule has 0 radical (unpaired) electrons. The Bertz CT molecular complexity index is 1320. The smallest absolute Gasteiger partial charge is 0.420 e. The van der Waals surface area contributed by atoms with Crippen molar-refractivity contribution in [2.24, 2.45) is 5.11 Å². The molecular weight excluding hydrogens is 474 g/mol. The first kappa shape index (κ1) is 24.3. The number of para-hydroxylation sites is 1. The summed E-state index contributed by atoms with van der Waals surface area (Å²) in [5.74, 6) is -1.74. The first-order chi connectivity index (χ1) is 17.1. The van der Waals surface area contributed by atoms with Crippen LogP contribution >= 0.6 is 0 Å². The SMILES string of the molecule is COC(=O)C1=C(C(=O)OC)[C@]2(C)N=[N+](c3ccc([N+](=O)[O-])cc3)[N-][C@]2(C)N1C(=O)Oc1ccccc1. The monoisotopic (exact) mass is 495 g/mol. The van der Waals surface area contributed by atoms with Gasteiger partial charge in [0.2, 0.25) is 5.69 Å². The summed E-state index contributed by atoms with van der Waals surface area (Å²) in [4.78, 5) is 51.8. The number of fused-ring (bicyclic) bond motifs is 1. The minimum Gasteiger partial charge on any atom is -0.466 e. The Kier molecular flexibility index (Phi) is 5.92. The minimum absolute atomic E-state index is 0.147. The Morgan fingerprint density at radius 2 is 1.61 bits per heavy atom. The Morgan fingerprint density at radius 3 is 2.17 bits per heavy atom. The second-order valence-corrected chi connectivity index (χ2v) is 8.08. The first-order valence-electron chi connectivity index (χ1n) is 10.6. The number of nitrogens with zero attached hydrogens (tertiary/aromatic N) is 5. The summed E-state index contributed by atoms with van der Waals surface area (Å²) in [6.07, 6.45) is -1.02. The quantitative estimate of drug-likeness (QED) is 0.264. The molecule has 0 aromatic heterocycles. The Hall–Kier alpha value is -4.81. The molecule has 13 heteroatoms. The molecule has 0 spiro atoms. The number of amides is 1. The molecule has 2 heterocycles. The Morgan fingerprint density at radius 1 is 1.00 bits per heavy atom. The van der Waals surface area contributed by atoms with E-state index in [4.69, 9.17) is 14.2 Å². The average molecular weight is 495 g/mol. The lowest BCUT2D eigenvalue weighted by Gasteiger charge is -2.40. The minimum atomic E-state index is -1.69. The molecule has 36 heavy (non-hydrogen) atoms. The van der Waals surface area contributed by atoms with Crippen molar-refractivity contribution in [2.75, 3.05) is 14.2 Å². The zero-order chi connectivity index (χ0) is 26.3. The van der Waals surface area contributed by atoms with Gasteiger partial charge in [-0.15, -0.1) is 4.81 Å². The number of azo groups is 1. The van der Waals surface area contributed by atoms with Crippen molar-refractivity contribution < 1.29 is 38.3 Å². The number of nitro benzene ring substituents is 1. The van der Waals surface area contributed by atoms with Gasteiger partial charge in [0.25, 0.3) is 5.69 Å². The number of hydrogen-bond donors (Lipinski definition) is 0. The van der Waals surface area contributed by atoms with Gasteiger partial charge in [-0.2, -0.15) is 10.5 Å². The molecule has 2 aliphatic heterocycles. The van der Waals surface area contributed by atoms with Crippen LogP contribution in [0.1, 0.15) is 13.8 Å². The zero-order valence-electron chi connectivity index (χ0n) is 19.7. The van der Waals surface area contributed by atoms with E-state index in [-0.39, 0.29) is 17.0 Å². The van der Waals surface area contributed by atoms with Gasteiger partial charge in [0, 0.05) is 24.3 Å². The van der Waals surface area contributed by atoms with Crippen molar-refractivity contribution in [1.29, 1.82) is 0 Å². The summed E-state index contributed by atoms with van der Waals surface area (Å²) >= 11 is 0. The number of carbonyl (C=O) groups is 3. The number of ether oxygens (including phenoxy) is 3. The van der Waals surface area contributed by atoms with Gasteiger partial charge in [0.05, 0.1) is 30.3 Å². The van der Waals surface area contributed by atoms with E-state index < -0.39 is 39.9 Å². The Balaban J connectivity index is 1.87. The second kappa shape index (κ2) is 8.76. The van der Waals surface area contributed by atoms with E-state index in [0.717, 1.165) is 23.9 Å². The van der Waals surface area contributed by atoms with Gasteiger partial charge >= 0.3 is 18.0 Å². The van der Waals surface area contributed by atoms with Crippen molar-refractivity contribution in [3.63, 3.8) is 0 Å². The molecule has 0 aliphatic carbocycles. The lowest BCUT2D eigenvalue weighted by Crippen LogP contribution is -2.55. The molecule has 0 bridgehead atoms. The first-order valence-corrected chi connectivity index (χ1v) is 10.6. The van der Waals surface area contributed by atoms with Crippen LogP contribution in [0.3, 0.4) is 0 Å². The topological polar surface area (TPSA) is 155 Å². The van der Waals surface area contributed by atoms with Crippen LogP contribution in [0.5, 0.6) is 5.75 Å². The lowest BCUT2D eigenvalue weighted by atomic mass is 9.84. The zero-order valence-corrected chi connectivity index (χ0v) is 19.7. The Labute approximate surface area is 204 Å². The number of nitro groups is 1. The fourth-order valence-corrected chi connectivity index (χ4v) is 4.11. The van der Waals surface area contributed by atoms with Crippen molar-refractivity contribution in [3.05, 3.63) is 81.4 Å². The highest BCUT2D eigenvalue weighted by molar-refractivity contribution is 6.06. The van der Waals surface area contributed by atoms with E-state index in [1.807, 2.05) is 0 Å². The maximum atomic E-state index is 13.5. The molecule has 2 atom stereocenters. The fraction of sp³-hybridized carbons (Fsp3) is 0.261. The molecule has 186 valence electrons. The molecule has 0 unspecified atom stereocenters. The van der Waals surface area contributed by atoms with Crippen molar-refractivity contribution in [3.8, 4) is 5.75 Å². The van der Waals surface area contributed by atoms with Gasteiger partial charge in [0.15, 0.2) is 0 Å². The third kappa shape index (κ3) is 3.61. The molecule has 0 saturated carbocycles. The van der Waals surface area contributed by atoms with Gasteiger partial charge in [-0.3, -0.25) is 15.0 Å². The summed E-state index contributed by atoms with van der Waals surface area (Å²) in [5, 5.41) is 15.6. The summed E-state index contributed by atoms with van der Waals surface area (Å²) in [7, 11) is 2.22. The normalized spacial score (nSPS) is 22.3. The van der Waals surface area contributed by atoms with E-state index in [2.05, 4.69) is 10.5 Å². The van der Waals surface area contributed by atoms with Gasteiger partial charge in [-0.25, -0.2) is 14.4 Å². The highest BCUT2D eigenvalue weighted by Crippen LogP contribution is 2.56. The van der Waals surface area contributed by atoms with Crippen LogP contribution < -0.4 is 4.74 Å². The largest absolute Gasteiger partial charge is 0.466 e. The lowest BCUT2D eigenvalue weighted by molar-refractivity contribution is -0.457. The molecular formula is C23H21N5O8. The summed E-state index contributed by atoms with van der Waals surface area (Å²) in [6, 6.07) is 13.5. The summed E-state index contributed by atoms with van der Waals surface area (Å²) in [5.41, 5.74) is 0.710. The maximum absolute atomic E-state index is 13.5. The molecule has 1 amide bonds. The molecule has 2 aromatic rings. The molecule has 13 nitrogen and oxygen atoms in total. The highest BCUT2D eigenvalue weighted by atomic mass is 16.6. The number of methoxy groups -OCH3 is 2. The van der Waals surface area contributed by atoms with Crippen molar-refractivity contribution in [1.82, 2.24) is 4.90 Å². The van der Waals surface area contributed by atoms with E-state index in [0.29, 0.717) is 5.69 Å². The van der Waals surface area contributed by atoms with E-state index >= 15 is 0 Å². The van der Waals surface area contributed by atoms with Crippen LogP contribution in [0.2, 0.25) is 0 Å².